The molecule has 0 aliphatic heterocycles. The normalized spacial score (nSPS) is 11.1. The standard InChI is InChI=1S/C24H23N9O2/c1-13-3-4-16-15(12-29-32-16)20(13)14-11-18(30-22(21(14)25)23(26)34)17-5-7-28-24(31-17)35-10-6-19-27-8-9-33(19)2/h3-5,7-9,11-12H,6,10,25H2,1-2H3,(H2,26,34)(H,29,32). The van der Waals surface area contributed by atoms with E-state index >= 15 is 0 Å². The van der Waals surface area contributed by atoms with Crippen LogP contribution < -0.4 is 16.2 Å². The molecule has 176 valence electrons. The fraction of sp³-hybridized carbons (Fsp3) is 0.167. The molecule has 11 heteroatoms. The lowest BCUT2D eigenvalue weighted by atomic mass is 9.94. The number of benzene rings is 1. The first kappa shape index (κ1) is 22.0. The van der Waals surface area contributed by atoms with E-state index in [1.54, 1.807) is 30.7 Å². The van der Waals surface area contributed by atoms with Gasteiger partial charge in [-0.3, -0.25) is 9.89 Å². The Labute approximate surface area is 200 Å². The number of ether oxygens (including phenoxy) is 1. The molecular weight excluding hydrogens is 446 g/mol. The average Bonchev–Trinajstić information content (AvgIpc) is 3.48. The van der Waals surface area contributed by atoms with Crippen LogP contribution in [0.25, 0.3) is 33.4 Å². The number of pyridine rings is 1. The van der Waals surface area contributed by atoms with Gasteiger partial charge in [0.2, 0.25) is 0 Å². The van der Waals surface area contributed by atoms with E-state index in [0.717, 1.165) is 27.9 Å². The van der Waals surface area contributed by atoms with Gasteiger partial charge in [0.1, 0.15) is 5.82 Å². The van der Waals surface area contributed by atoms with Crippen molar-refractivity contribution in [2.75, 3.05) is 12.3 Å². The predicted octanol–water partition coefficient (Wildman–Crippen LogP) is 2.43. The van der Waals surface area contributed by atoms with Gasteiger partial charge in [-0.25, -0.2) is 15.0 Å². The molecular formula is C24H23N9O2. The van der Waals surface area contributed by atoms with E-state index in [4.69, 9.17) is 16.2 Å². The maximum Gasteiger partial charge on any atom is 0.316 e. The molecule has 0 saturated heterocycles. The molecule has 0 atom stereocenters. The van der Waals surface area contributed by atoms with Crippen molar-refractivity contribution >= 4 is 22.5 Å². The Hall–Kier alpha value is -4.80. The highest BCUT2D eigenvalue weighted by Gasteiger charge is 2.20. The second-order valence-corrected chi connectivity index (χ2v) is 8.05. The highest BCUT2D eigenvalue weighted by molar-refractivity contribution is 6.05. The van der Waals surface area contributed by atoms with Crippen LogP contribution in [0.3, 0.4) is 0 Å². The minimum Gasteiger partial charge on any atom is -0.463 e. The number of H-pyrrole nitrogens is 1. The Morgan fingerprint density at radius 2 is 2.00 bits per heavy atom. The summed E-state index contributed by atoms with van der Waals surface area (Å²) in [5, 5.41) is 7.97. The van der Waals surface area contributed by atoms with Crippen molar-refractivity contribution in [1.29, 1.82) is 0 Å². The Balaban J connectivity index is 1.54. The minimum atomic E-state index is -0.733. The average molecular weight is 470 g/mol. The van der Waals surface area contributed by atoms with Crippen LogP contribution in [0.5, 0.6) is 6.01 Å². The van der Waals surface area contributed by atoms with Crippen LogP contribution >= 0.6 is 0 Å². The maximum atomic E-state index is 12.2. The molecule has 0 aliphatic rings. The van der Waals surface area contributed by atoms with Gasteiger partial charge in [-0.15, -0.1) is 0 Å². The van der Waals surface area contributed by atoms with E-state index in [1.807, 2.05) is 36.9 Å². The van der Waals surface area contributed by atoms with E-state index in [9.17, 15) is 4.79 Å². The molecule has 5 N–H and O–H groups in total. The van der Waals surface area contributed by atoms with Gasteiger partial charge in [0.05, 0.1) is 35.4 Å². The Bertz CT molecular complexity index is 1550. The number of fused-ring (bicyclic) bond motifs is 1. The lowest BCUT2D eigenvalue weighted by molar-refractivity contribution is 0.0996. The van der Waals surface area contributed by atoms with Crippen molar-refractivity contribution in [3.05, 3.63) is 66.1 Å². The van der Waals surface area contributed by atoms with Gasteiger partial charge in [0.25, 0.3) is 5.91 Å². The van der Waals surface area contributed by atoms with E-state index in [0.29, 0.717) is 30.0 Å². The number of carbonyl (C=O) groups excluding carboxylic acids is 1. The smallest absolute Gasteiger partial charge is 0.316 e. The quantitative estimate of drug-likeness (QED) is 0.327. The van der Waals surface area contributed by atoms with Crippen LogP contribution in [-0.4, -0.2) is 47.2 Å². The predicted molar refractivity (Wildman–Crippen MR) is 130 cm³/mol. The molecule has 0 unspecified atom stereocenters. The number of nitrogens with two attached hydrogens (primary N) is 2. The van der Waals surface area contributed by atoms with E-state index in [-0.39, 0.29) is 17.4 Å². The Morgan fingerprint density at radius 3 is 2.77 bits per heavy atom. The molecule has 0 saturated carbocycles. The molecule has 5 aromatic rings. The summed E-state index contributed by atoms with van der Waals surface area (Å²) in [6, 6.07) is 7.55. The van der Waals surface area contributed by atoms with Crippen LogP contribution in [0.1, 0.15) is 21.9 Å². The number of hydrogen-bond donors (Lipinski definition) is 3. The molecule has 1 aromatic carbocycles. The van der Waals surface area contributed by atoms with Crippen LogP contribution in [-0.2, 0) is 13.5 Å². The molecule has 0 radical (unpaired) electrons. The van der Waals surface area contributed by atoms with E-state index < -0.39 is 5.91 Å². The van der Waals surface area contributed by atoms with Gasteiger partial charge in [-0.2, -0.15) is 10.1 Å². The highest BCUT2D eigenvalue weighted by atomic mass is 16.5. The summed E-state index contributed by atoms with van der Waals surface area (Å²) in [5.41, 5.74) is 16.3. The molecule has 1 amide bonds. The second kappa shape index (κ2) is 8.86. The van der Waals surface area contributed by atoms with Crippen molar-refractivity contribution in [2.24, 2.45) is 12.8 Å². The summed E-state index contributed by atoms with van der Waals surface area (Å²) >= 11 is 0. The lowest BCUT2D eigenvalue weighted by Gasteiger charge is -2.15. The number of anilines is 1. The fourth-order valence-electron chi connectivity index (χ4n) is 3.99. The summed E-state index contributed by atoms with van der Waals surface area (Å²) in [5.74, 6) is 0.157. The SMILES string of the molecule is Cc1ccc2[nH]ncc2c1-c1cc(-c2ccnc(OCCc3nccn3C)n2)nc(C(N)=O)c1N. The van der Waals surface area contributed by atoms with Gasteiger partial charge in [-0.1, -0.05) is 6.07 Å². The number of aryl methyl sites for hydroxylation is 2. The fourth-order valence-corrected chi connectivity index (χ4v) is 3.99. The summed E-state index contributed by atoms with van der Waals surface area (Å²) in [6.45, 7) is 2.31. The number of nitrogens with zero attached hydrogens (tertiary/aromatic N) is 6. The van der Waals surface area contributed by atoms with Crippen molar-refractivity contribution in [3.8, 4) is 28.5 Å². The number of carbonyl (C=O) groups is 1. The third-order valence-electron chi connectivity index (χ3n) is 5.77. The topological polar surface area (TPSA) is 164 Å². The molecule has 5 rings (SSSR count). The van der Waals surface area contributed by atoms with Crippen molar-refractivity contribution in [3.63, 3.8) is 0 Å². The summed E-state index contributed by atoms with van der Waals surface area (Å²) in [6.07, 6.45) is 7.50. The third-order valence-corrected chi connectivity index (χ3v) is 5.77. The molecule has 35 heavy (non-hydrogen) atoms. The molecule has 4 aromatic heterocycles. The molecule has 0 aliphatic carbocycles. The number of nitrogens with one attached hydrogen (secondary N) is 1. The minimum absolute atomic E-state index is 0.0340. The van der Waals surface area contributed by atoms with Crippen molar-refractivity contribution in [1.82, 2.24) is 34.7 Å². The Morgan fingerprint density at radius 1 is 1.14 bits per heavy atom. The maximum absolute atomic E-state index is 12.2. The first-order valence-corrected chi connectivity index (χ1v) is 10.9. The largest absolute Gasteiger partial charge is 0.463 e. The zero-order valence-corrected chi connectivity index (χ0v) is 19.2. The number of aromatic nitrogens is 7. The molecule has 0 fully saturated rings. The Kier molecular flexibility index (Phi) is 5.57. The number of primary amides is 1. The zero-order chi connectivity index (χ0) is 24.5. The first-order valence-electron chi connectivity index (χ1n) is 10.9. The van der Waals surface area contributed by atoms with Crippen LogP contribution in [0.2, 0.25) is 0 Å². The third kappa shape index (κ3) is 4.14. The number of nitrogen functional groups attached to an aromatic ring is 1. The van der Waals surface area contributed by atoms with Crippen LogP contribution in [0.15, 0.2) is 49.1 Å². The number of imidazole rings is 1. The van der Waals surface area contributed by atoms with Gasteiger partial charge in [-0.05, 0) is 36.2 Å². The molecule has 4 heterocycles. The lowest BCUT2D eigenvalue weighted by Crippen LogP contribution is -2.17. The zero-order valence-electron chi connectivity index (χ0n) is 19.2. The van der Waals surface area contributed by atoms with Crippen molar-refractivity contribution in [2.45, 2.75) is 13.3 Å². The molecule has 0 spiro atoms. The van der Waals surface area contributed by atoms with E-state index in [1.165, 1.54) is 0 Å². The number of aromatic amines is 1. The van der Waals surface area contributed by atoms with Gasteiger partial charge >= 0.3 is 6.01 Å². The second-order valence-electron chi connectivity index (χ2n) is 8.05. The summed E-state index contributed by atoms with van der Waals surface area (Å²) in [4.78, 5) is 29.6. The number of hydrogen-bond acceptors (Lipinski definition) is 8. The van der Waals surface area contributed by atoms with Crippen molar-refractivity contribution < 1.29 is 9.53 Å². The van der Waals surface area contributed by atoms with Gasteiger partial charge < -0.3 is 20.8 Å². The highest BCUT2D eigenvalue weighted by Crippen LogP contribution is 2.37. The monoisotopic (exact) mass is 469 g/mol. The van der Waals surface area contributed by atoms with Crippen LogP contribution in [0.4, 0.5) is 5.69 Å². The van der Waals surface area contributed by atoms with E-state index in [2.05, 4.69) is 30.1 Å². The van der Waals surface area contributed by atoms with Gasteiger partial charge in [0, 0.05) is 43.0 Å². The first-order chi connectivity index (χ1) is 16.9. The summed E-state index contributed by atoms with van der Waals surface area (Å²) < 4.78 is 7.67. The number of amides is 1. The summed E-state index contributed by atoms with van der Waals surface area (Å²) in [7, 11) is 1.92. The van der Waals surface area contributed by atoms with Gasteiger partial charge in [0.15, 0.2) is 5.69 Å². The van der Waals surface area contributed by atoms with Crippen LogP contribution in [0, 0.1) is 6.92 Å². The number of rotatable bonds is 7. The molecule has 0 bridgehead atoms. The molecule has 11 nitrogen and oxygen atoms in total.